The predicted molar refractivity (Wildman–Crippen MR) is 135 cm³/mol. The number of quaternary nitrogens is 1. The average Bonchev–Trinajstić information content (AvgIpc) is 3.48. The number of rotatable bonds is 10. The van der Waals surface area contributed by atoms with Gasteiger partial charge in [0.25, 0.3) is 5.91 Å². The Bertz CT molecular complexity index is 1320. The van der Waals surface area contributed by atoms with E-state index >= 15 is 0 Å². The number of carbonyl (C=O) groups excluding carboxylic acids is 3. The van der Waals surface area contributed by atoms with E-state index < -0.39 is 16.5 Å². The van der Waals surface area contributed by atoms with Gasteiger partial charge in [0.05, 0.1) is 18.0 Å². The Labute approximate surface area is 218 Å². The van der Waals surface area contributed by atoms with Gasteiger partial charge in [-0.3, -0.25) is 9.63 Å². The minimum Gasteiger partial charge on any atom is -0.494 e. The first-order chi connectivity index (χ1) is 18.0. The highest BCUT2D eigenvalue weighted by molar-refractivity contribution is 6.30. The van der Waals surface area contributed by atoms with E-state index in [1.54, 1.807) is 28.9 Å². The van der Waals surface area contributed by atoms with E-state index in [9.17, 15) is 14.4 Å². The monoisotopic (exact) mass is 524 g/mol. The summed E-state index contributed by atoms with van der Waals surface area (Å²) in [7, 11) is 0. The second-order valence-corrected chi connectivity index (χ2v) is 9.48. The smallest absolute Gasteiger partial charge is 0.409 e. The van der Waals surface area contributed by atoms with Gasteiger partial charge in [-0.25, -0.2) is 14.3 Å². The molecule has 2 fully saturated rings. The molecule has 0 spiro atoms. The van der Waals surface area contributed by atoms with Gasteiger partial charge < -0.3 is 15.0 Å². The molecule has 1 unspecified atom stereocenters. The molecule has 5 rings (SSSR count). The normalized spacial score (nSPS) is 19.2. The van der Waals surface area contributed by atoms with E-state index in [0.29, 0.717) is 28.8 Å². The third-order valence-corrected chi connectivity index (χ3v) is 6.73. The highest BCUT2D eigenvalue weighted by Gasteiger charge is 2.50. The highest BCUT2D eigenvalue weighted by Crippen LogP contribution is 2.30. The molecule has 3 heterocycles. The number of aromatic nitrogens is 2. The molecule has 1 aromatic heterocycles. The van der Waals surface area contributed by atoms with E-state index in [2.05, 4.69) is 15.3 Å². The molecule has 0 saturated carbocycles. The SMILES string of the molecule is O=CO[N+]1(C(=O)c2cc(-c3cccc(OCCCN4CCC4)c3)n(-c3cccc(Cl)c3)n2)CNC(=O)C1. The Morgan fingerprint density at radius 1 is 1.16 bits per heavy atom. The lowest BCUT2D eigenvalue weighted by atomic mass is 10.1. The van der Waals surface area contributed by atoms with Gasteiger partial charge in [0.1, 0.15) is 5.75 Å². The summed E-state index contributed by atoms with van der Waals surface area (Å²) in [6.45, 7) is 3.61. The maximum atomic E-state index is 13.5. The fourth-order valence-electron chi connectivity index (χ4n) is 4.44. The van der Waals surface area contributed by atoms with Gasteiger partial charge in [-0.15, -0.1) is 0 Å². The minimum atomic E-state index is -0.839. The standard InChI is InChI=1S/C26H26ClN5O5/c27-20-6-2-7-21(14-20)31-24(15-23(29-31)26(35)32(37-18-33)16-25(34)28-17-32)19-5-1-8-22(13-19)36-12-4-11-30-9-3-10-30/h1-2,5-8,13-15,18H,3-4,9-12,16-17H2/p+1. The van der Waals surface area contributed by atoms with Gasteiger partial charge in [-0.1, -0.05) is 29.8 Å². The molecular weight excluding hydrogens is 498 g/mol. The van der Waals surface area contributed by atoms with Crippen LogP contribution in [0.2, 0.25) is 5.02 Å². The summed E-state index contributed by atoms with van der Waals surface area (Å²) < 4.78 is 6.76. The molecule has 1 atom stereocenters. The summed E-state index contributed by atoms with van der Waals surface area (Å²) in [5.74, 6) is -0.315. The maximum Gasteiger partial charge on any atom is 0.409 e. The number of likely N-dealkylation sites (tertiary alicyclic amines) is 1. The predicted octanol–water partition coefficient (Wildman–Crippen LogP) is 2.80. The number of hydrogen-bond donors (Lipinski definition) is 1. The Balaban J connectivity index is 1.46. The van der Waals surface area contributed by atoms with Gasteiger partial charge in [-0.05, 0) is 60.9 Å². The van der Waals surface area contributed by atoms with Crippen LogP contribution in [0, 0.1) is 0 Å². The van der Waals surface area contributed by atoms with Crippen molar-refractivity contribution in [2.45, 2.75) is 12.8 Å². The molecule has 2 aromatic carbocycles. The molecule has 10 nitrogen and oxygen atoms in total. The van der Waals surface area contributed by atoms with E-state index in [1.165, 1.54) is 6.42 Å². The number of nitrogens with one attached hydrogen (secondary N) is 1. The second-order valence-electron chi connectivity index (χ2n) is 9.04. The number of ether oxygens (including phenoxy) is 1. The summed E-state index contributed by atoms with van der Waals surface area (Å²) in [5, 5.41) is 7.60. The number of benzene rings is 2. The molecule has 2 aliphatic heterocycles. The number of halogens is 1. The third-order valence-electron chi connectivity index (χ3n) is 6.49. The molecule has 2 amide bonds. The van der Waals surface area contributed by atoms with Crippen LogP contribution in [-0.4, -0.2) is 77.1 Å². The summed E-state index contributed by atoms with van der Waals surface area (Å²) in [6.07, 6.45) is 2.20. The zero-order chi connectivity index (χ0) is 25.8. The zero-order valence-corrected chi connectivity index (χ0v) is 20.9. The van der Waals surface area contributed by atoms with Crippen LogP contribution in [0.3, 0.4) is 0 Å². The molecule has 2 saturated heterocycles. The van der Waals surface area contributed by atoms with Crippen molar-refractivity contribution >= 4 is 29.9 Å². The van der Waals surface area contributed by atoms with Crippen molar-refractivity contribution in [3.05, 3.63) is 65.3 Å². The van der Waals surface area contributed by atoms with Crippen molar-refractivity contribution in [1.29, 1.82) is 0 Å². The van der Waals surface area contributed by atoms with E-state index in [-0.39, 0.29) is 25.4 Å². The van der Waals surface area contributed by atoms with Crippen molar-refractivity contribution in [2.24, 2.45) is 0 Å². The van der Waals surface area contributed by atoms with Gasteiger partial charge in [-0.2, -0.15) is 5.10 Å². The Morgan fingerprint density at radius 3 is 2.70 bits per heavy atom. The van der Waals surface area contributed by atoms with Gasteiger partial charge in [0.15, 0.2) is 5.69 Å². The lowest BCUT2D eigenvalue weighted by molar-refractivity contribution is -1.01. The van der Waals surface area contributed by atoms with Crippen LogP contribution in [0.5, 0.6) is 5.75 Å². The number of hydroxylamine groups is 3. The minimum absolute atomic E-state index is 0.0363. The van der Waals surface area contributed by atoms with E-state index in [4.69, 9.17) is 21.2 Å². The summed E-state index contributed by atoms with van der Waals surface area (Å²) >= 11 is 6.24. The lowest BCUT2D eigenvalue weighted by Gasteiger charge is -2.30. The molecule has 3 aromatic rings. The fraction of sp³-hybridized carbons (Fsp3) is 0.308. The fourth-order valence-corrected chi connectivity index (χ4v) is 4.63. The molecule has 11 heteroatoms. The maximum absolute atomic E-state index is 13.5. The molecule has 0 radical (unpaired) electrons. The van der Waals surface area contributed by atoms with Crippen LogP contribution in [0.4, 0.5) is 0 Å². The third kappa shape index (κ3) is 5.36. The number of hydrogen-bond acceptors (Lipinski definition) is 7. The zero-order valence-electron chi connectivity index (χ0n) is 20.1. The highest BCUT2D eigenvalue weighted by atomic mass is 35.5. The Kier molecular flexibility index (Phi) is 7.22. The Hall–Kier alpha value is -3.73. The molecule has 192 valence electrons. The number of amides is 2. The summed E-state index contributed by atoms with van der Waals surface area (Å²) in [6, 6.07) is 16.3. The first kappa shape index (κ1) is 24.9. The van der Waals surface area contributed by atoms with Gasteiger partial charge in [0.2, 0.25) is 13.2 Å². The number of nitrogens with zero attached hydrogens (tertiary/aromatic N) is 4. The van der Waals surface area contributed by atoms with E-state index in [0.717, 1.165) is 31.6 Å². The van der Waals surface area contributed by atoms with Crippen molar-refractivity contribution in [1.82, 2.24) is 20.0 Å². The van der Waals surface area contributed by atoms with Crippen molar-refractivity contribution in [3.8, 4) is 22.7 Å². The molecule has 0 bridgehead atoms. The van der Waals surface area contributed by atoms with Gasteiger partial charge >= 0.3 is 12.4 Å². The van der Waals surface area contributed by atoms with Crippen LogP contribution in [0.1, 0.15) is 23.3 Å². The molecular formula is C26H27ClN5O5+. The Morgan fingerprint density at radius 2 is 2.00 bits per heavy atom. The van der Waals surface area contributed by atoms with Crippen molar-refractivity contribution < 1.29 is 28.6 Å². The van der Waals surface area contributed by atoms with Crippen LogP contribution < -0.4 is 10.1 Å². The van der Waals surface area contributed by atoms with Crippen molar-refractivity contribution in [2.75, 3.05) is 39.5 Å². The van der Waals surface area contributed by atoms with E-state index in [1.807, 2.05) is 30.3 Å². The summed E-state index contributed by atoms with van der Waals surface area (Å²) in [5.41, 5.74) is 2.06. The van der Waals surface area contributed by atoms with Crippen LogP contribution in [0.15, 0.2) is 54.6 Å². The average molecular weight is 525 g/mol. The molecule has 37 heavy (non-hydrogen) atoms. The number of carbonyl (C=O) groups is 3. The van der Waals surface area contributed by atoms with Crippen molar-refractivity contribution in [3.63, 3.8) is 0 Å². The first-order valence-electron chi connectivity index (χ1n) is 12.1. The molecule has 2 aliphatic rings. The largest absolute Gasteiger partial charge is 0.494 e. The topological polar surface area (TPSA) is 103 Å². The van der Waals surface area contributed by atoms with Gasteiger partial charge in [0, 0.05) is 23.2 Å². The van der Waals surface area contributed by atoms with Crippen LogP contribution >= 0.6 is 11.6 Å². The lowest BCUT2D eigenvalue weighted by Crippen LogP contribution is -2.51. The van der Waals surface area contributed by atoms with Crippen LogP contribution in [0.25, 0.3) is 16.9 Å². The molecule has 0 aliphatic carbocycles. The quantitative estimate of drug-likeness (QED) is 0.247. The second kappa shape index (κ2) is 10.7. The first-order valence-corrected chi connectivity index (χ1v) is 12.5. The van der Waals surface area contributed by atoms with Crippen LogP contribution in [-0.2, 0) is 14.4 Å². The molecule has 1 N–H and O–H groups in total. The summed E-state index contributed by atoms with van der Waals surface area (Å²) in [4.78, 5) is 44.1.